The van der Waals surface area contributed by atoms with Gasteiger partial charge in [0.15, 0.2) is 0 Å². The molecule has 8 heteroatoms. The highest BCUT2D eigenvalue weighted by Crippen LogP contribution is 2.17. The smallest absolute Gasteiger partial charge is 0.411 e. The molecule has 0 aliphatic carbocycles. The first-order valence-electron chi connectivity index (χ1n) is 4.16. The third kappa shape index (κ3) is 5.08. The molecule has 1 N–H and O–H groups in total. The zero-order valence-corrected chi connectivity index (χ0v) is 8.77. The van der Waals surface area contributed by atoms with Crippen LogP contribution in [0.25, 0.3) is 0 Å². The third-order valence-corrected chi connectivity index (χ3v) is 2.29. The van der Waals surface area contributed by atoms with E-state index in [1.807, 2.05) is 0 Å². The number of thiazole rings is 1. The van der Waals surface area contributed by atoms with Crippen molar-refractivity contribution in [3.05, 3.63) is 16.1 Å². The van der Waals surface area contributed by atoms with Gasteiger partial charge in [0.05, 0.1) is 18.7 Å². The van der Waals surface area contributed by atoms with Crippen LogP contribution < -0.4 is 0 Å². The lowest BCUT2D eigenvalue weighted by Gasteiger charge is -2.05. The fraction of sp³-hybridized carbons (Fsp3) is 0.500. The second-order valence-electron chi connectivity index (χ2n) is 2.91. The van der Waals surface area contributed by atoms with E-state index >= 15 is 0 Å². The van der Waals surface area contributed by atoms with E-state index in [-0.39, 0.29) is 13.0 Å². The Bertz CT molecular complexity index is 364. The summed E-state index contributed by atoms with van der Waals surface area (Å²) in [6.07, 6.45) is -4.60. The molecule has 0 atom stereocenters. The zero-order chi connectivity index (χ0) is 12.2. The highest BCUT2D eigenvalue weighted by Gasteiger charge is 2.27. The van der Waals surface area contributed by atoms with Gasteiger partial charge >= 0.3 is 12.1 Å². The average molecular weight is 255 g/mol. The monoisotopic (exact) mass is 255 g/mol. The van der Waals surface area contributed by atoms with E-state index in [1.54, 1.807) is 0 Å². The quantitative estimate of drug-likeness (QED) is 0.872. The summed E-state index contributed by atoms with van der Waals surface area (Å²) in [4.78, 5) is 14.1. The molecule has 0 aliphatic heterocycles. The first-order chi connectivity index (χ1) is 7.37. The number of carbonyl (C=O) groups is 1. The maximum Gasteiger partial charge on any atom is 0.411 e. The Balaban J connectivity index is 2.38. The Kier molecular flexibility index (Phi) is 4.25. The Hall–Kier alpha value is -1.15. The Morgan fingerprint density at radius 3 is 2.81 bits per heavy atom. The van der Waals surface area contributed by atoms with Crippen molar-refractivity contribution in [1.29, 1.82) is 0 Å². The highest BCUT2D eigenvalue weighted by atomic mass is 32.1. The summed E-state index contributed by atoms with van der Waals surface area (Å²) in [5, 5.41) is 10.3. The van der Waals surface area contributed by atoms with Crippen molar-refractivity contribution in [3.8, 4) is 0 Å². The van der Waals surface area contributed by atoms with Crippen molar-refractivity contribution in [3.63, 3.8) is 0 Å². The Morgan fingerprint density at radius 2 is 2.25 bits per heavy atom. The molecular weight excluding hydrogens is 247 g/mol. The van der Waals surface area contributed by atoms with Gasteiger partial charge in [-0.3, -0.25) is 4.79 Å². The van der Waals surface area contributed by atoms with Crippen molar-refractivity contribution >= 4 is 17.3 Å². The Morgan fingerprint density at radius 1 is 1.56 bits per heavy atom. The maximum absolute atomic E-state index is 11.7. The van der Waals surface area contributed by atoms with Gasteiger partial charge in [-0.1, -0.05) is 0 Å². The maximum atomic E-state index is 11.7. The minimum absolute atomic E-state index is 0.240. The molecule has 1 heterocycles. The molecule has 1 aromatic rings. The van der Waals surface area contributed by atoms with Crippen molar-refractivity contribution in [1.82, 2.24) is 4.98 Å². The molecule has 0 bridgehead atoms. The topological polar surface area (TPSA) is 59.4 Å². The van der Waals surface area contributed by atoms with Crippen LogP contribution in [0.15, 0.2) is 5.38 Å². The molecule has 90 valence electrons. The first-order valence-corrected chi connectivity index (χ1v) is 5.04. The van der Waals surface area contributed by atoms with Crippen molar-refractivity contribution < 1.29 is 27.8 Å². The molecule has 0 fully saturated rings. The molecule has 0 unspecified atom stereocenters. The Labute approximate surface area is 92.7 Å². The number of hydrogen-bond donors (Lipinski definition) is 1. The van der Waals surface area contributed by atoms with Crippen LogP contribution >= 0.6 is 11.3 Å². The molecule has 16 heavy (non-hydrogen) atoms. The van der Waals surface area contributed by atoms with Gasteiger partial charge < -0.3 is 9.84 Å². The summed E-state index contributed by atoms with van der Waals surface area (Å²) < 4.78 is 39.5. The highest BCUT2D eigenvalue weighted by molar-refractivity contribution is 7.09. The third-order valence-electron chi connectivity index (χ3n) is 1.42. The van der Waals surface area contributed by atoms with Crippen LogP contribution in [-0.2, 0) is 22.6 Å². The van der Waals surface area contributed by atoms with Gasteiger partial charge in [-0.05, 0) is 0 Å². The van der Waals surface area contributed by atoms with Crippen LogP contribution in [0.2, 0.25) is 0 Å². The predicted molar refractivity (Wildman–Crippen MR) is 49.2 cm³/mol. The van der Waals surface area contributed by atoms with Gasteiger partial charge in [-0.15, -0.1) is 11.3 Å². The summed E-state index contributed by atoms with van der Waals surface area (Å²) in [5.41, 5.74) is 0.322. The fourth-order valence-electron chi connectivity index (χ4n) is 0.905. The van der Waals surface area contributed by atoms with E-state index in [9.17, 15) is 18.0 Å². The summed E-state index contributed by atoms with van der Waals surface area (Å²) in [6.45, 7) is -1.59. The van der Waals surface area contributed by atoms with Crippen LogP contribution in [0.3, 0.4) is 0 Å². The molecule has 4 nitrogen and oxygen atoms in total. The lowest BCUT2D eigenvalue weighted by molar-refractivity contribution is -0.176. The molecule has 0 aromatic carbocycles. The molecule has 0 radical (unpaired) electrons. The van der Waals surface area contributed by atoms with Crippen LogP contribution in [-0.4, -0.2) is 28.8 Å². The summed E-state index contributed by atoms with van der Waals surface area (Å²) in [5.74, 6) is -1.03. The number of hydrogen-bond acceptors (Lipinski definition) is 4. The van der Waals surface area contributed by atoms with Gasteiger partial charge in [-0.2, -0.15) is 13.2 Å². The van der Waals surface area contributed by atoms with Gasteiger partial charge in [0, 0.05) is 5.38 Å². The van der Waals surface area contributed by atoms with Crippen molar-refractivity contribution in [2.45, 2.75) is 19.2 Å². The minimum Gasteiger partial charge on any atom is -0.481 e. The molecule has 0 spiro atoms. The van der Waals surface area contributed by atoms with Gasteiger partial charge in [0.1, 0.15) is 11.6 Å². The molecule has 0 amide bonds. The summed E-state index contributed by atoms with van der Waals surface area (Å²) in [7, 11) is 0. The summed E-state index contributed by atoms with van der Waals surface area (Å²) in [6, 6.07) is 0. The van der Waals surface area contributed by atoms with E-state index in [2.05, 4.69) is 9.72 Å². The fourth-order valence-corrected chi connectivity index (χ4v) is 1.63. The number of carboxylic acid groups (broad SMARTS) is 1. The lowest BCUT2D eigenvalue weighted by atomic mass is 10.3. The van der Waals surface area contributed by atoms with E-state index in [0.29, 0.717) is 10.7 Å². The standard InChI is InChI=1S/C8H8F3NO3S/c9-8(10,11)4-15-2-6-12-5(3-16-6)1-7(13)14/h3H,1-2,4H2,(H,13,14). The van der Waals surface area contributed by atoms with Crippen LogP contribution in [0, 0.1) is 0 Å². The predicted octanol–water partition coefficient (Wildman–Crippen LogP) is 1.85. The number of rotatable bonds is 5. The normalized spacial score (nSPS) is 11.7. The number of nitrogens with zero attached hydrogens (tertiary/aromatic N) is 1. The van der Waals surface area contributed by atoms with E-state index in [1.165, 1.54) is 5.38 Å². The van der Waals surface area contributed by atoms with E-state index < -0.39 is 18.8 Å². The summed E-state index contributed by atoms with van der Waals surface area (Å²) >= 11 is 1.08. The second-order valence-corrected chi connectivity index (χ2v) is 3.85. The average Bonchev–Trinajstić information content (AvgIpc) is 2.49. The number of carboxylic acids is 1. The van der Waals surface area contributed by atoms with Crippen LogP contribution in [0.4, 0.5) is 13.2 Å². The second kappa shape index (κ2) is 5.26. The number of aromatic nitrogens is 1. The number of aliphatic carboxylic acids is 1. The molecule has 0 saturated carbocycles. The van der Waals surface area contributed by atoms with Crippen LogP contribution in [0.1, 0.15) is 10.7 Å². The van der Waals surface area contributed by atoms with Crippen molar-refractivity contribution in [2.75, 3.05) is 6.61 Å². The molecule has 0 saturated heterocycles. The van der Waals surface area contributed by atoms with Gasteiger partial charge in [-0.25, -0.2) is 4.98 Å². The number of ether oxygens (including phenoxy) is 1. The molecular formula is C8H8F3NO3S. The van der Waals surface area contributed by atoms with Gasteiger partial charge in [0.2, 0.25) is 0 Å². The van der Waals surface area contributed by atoms with E-state index in [0.717, 1.165) is 11.3 Å². The molecule has 1 rings (SSSR count). The SMILES string of the molecule is O=C(O)Cc1csc(COCC(F)(F)F)n1. The van der Waals surface area contributed by atoms with Crippen molar-refractivity contribution in [2.24, 2.45) is 0 Å². The largest absolute Gasteiger partial charge is 0.481 e. The number of halogens is 3. The first kappa shape index (κ1) is 12.9. The minimum atomic E-state index is -4.36. The lowest BCUT2D eigenvalue weighted by Crippen LogP contribution is -2.16. The zero-order valence-electron chi connectivity index (χ0n) is 7.95. The molecule has 0 aliphatic rings. The van der Waals surface area contributed by atoms with Gasteiger partial charge in [0.25, 0.3) is 0 Å². The molecule has 1 aromatic heterocycles. The van der Waals surface area contributed by atoms with Crippen LogP contribution in [0.5, 0.6) is 0 Å². The van der Waals surface area contributed by atoms with E-state index in [4.69, 9.17) is 5.11 Å². The number of alkyl halides is 3.